The van der Waals surface area contributed by atoms with E-state index in [0.29, 0.717) is 17.9 Å². The van der Waals surface area contributed by atoms with Crippen molar-refractivity contribution < 1.29 is 9.53 Å². The van der Waals surface area contributed by atoms with E-state index in [1.54, 1.807) is 10.6 Å². The number of nitrogens with zero attached hydrogens (tertiary/aromatic N) is 4. The smallest absolute Gasteiger partial charge is 0.270 e. The van der Waals surface area contributed by atoms with Crippen LogP contribution in [0.15, 0.2) is 42.5 Å². The van der Waals surface area contributed by atoms with E-state index in [1.165, 1.54) is 0 Å². The first-order chi connectivity index (χ1) is 13.7. The molecule has 1 fully saturated rings. The summed E-state index contributed by atoms with van der Waals surface area (Å²) in [7, 11) is 0. The summed E-state index contributed by atoms with van der Waals surface area (Å²) in [6.45, 7) is 7.07. The molecule has 2 aromatic heterocycles. The standard InChI is InChI=1S/C21H25N5O2/c1-16-14-19(21(27)22-8-5-9-25-10-12-28-13-11-25)23-20-15-18(24-26(16)20)17-6-3-2-4-7-17/h2-4,6-7,14-15H,5,8-13H2,1H3,(H,22,27). The van der Waals surface area contributed by atoms with Crippen LogP contribution >= 0.6 is 0 Å². The first-order valence-electron chi connectivity index (χ1n) is 9.72. The Morgan fingerprint density at radius 3 is 2.75 bits per heavy atom. The molecule has 0 saturated carbocycles. The van der Waals surface area contributed by atoms with Gasteiger partial charge in [0.1, 0.15) is 5.69 Å². The van der Waals surface area contributed by atoms with E-state index in [1.807, 2.05) is 43.3 Å². The summed E-state index contributed by atoms with van der Waals surface area (Å²) in [4.78, 5) is 19.4. The Morgan fingerprint density at radius 2 is 1.96 bits per heavy atom. The SMILES string of the molecule is Cc1cc(C(=O)NCCCN2CCOCC2)nc2cc(-c3ccccc3)nn12. The van der Waals surface area contributed by atoms with Gasteiger partial charge in [-0.25, -0.2) is 9.50 Å². The fourth-order valence-corrected chi connectivity index (χ4v) is 3.41. The van der Waals surface area contributed by atoms with Gasteiger partial charge < -0.3 is 10.1 Å². The molecule has 0 bridgehead atoms. The number of carbonyl (C=O) groups is 1. The van der Waals surface area contributed by atoms with Crippen molar-refractivity contribution in [2.24, 2.45) is 0 Å². The number of amides is 1. The lowest BCUT2D eigenvalue weighted by molar-refractivity contribution is 0.0374. The summed E-state index contributed by atoms with van der Waals surface area (Å²) in [5.41, 5.74) is 3.86. The van der Waals surface area contributed by atoms with Gasteiger partial charge in [0.05, 0.1) is 18.9 Å². The van der Waals surface area contributed by atoms with E-state index in [4.69, 9.17) is 4.74 Å². The average Bonchev–Trinajstić information content (AvgIpc) is 3.17. The maximum atomic E-state index is 12.5. The predicted octanol–water partition coefficient (Wildman–Crippen LogP) is 2.16. The number of fused-ring (bicyclic) bond motifs is 1. The van der Waals surface area contributed by atoms with E-state index < -0.39 is 0 Å². The molecule has 1 amide bonds. The molecule has 0 spiro atoms. The number of hydrogen-bond acceptors (Lipinski definition) is 5. The van der Waals surface area contributed by atoms with Gasteiger partial charge in [-0.3, -0.25) is 9.69 Å². The van der Waals surface area contributed by atoms with Gasteiger partial charge in [0.15, 0.2) is 5.65 Å². The van der Waals surface area contributed by atoms with E-state index in [2.05, 4.69) is 20.3 Å². The van der Waals surface area contributed by atoms with Crippen molar-refractivity contribution in [3.63, 3.8) is 0 Å². The topological polar surface area (TPSA) is 71.8 Å². The molecule has 7 heteroatoms. The highest BCUT2D eigenvalue weighted by atomic mass is 16.5. The average molecular weight is 379 g/mol. The molecule has 1 aromatic carbocycles. The maximum Gasteiger partial charge on any atom is 0.270 e. The molecule has 7 nitrogen and oxygen atoms in total. The van der Waals surface area contributed by atoms with Gasteiger partial charge >= 0.3 is 0 Å². The summed E-state index contributed by atoms with van der Waals surface area (Å²) in [6, 6.07) is 13.7. The van der Waals surface area contributed by atoms with E-state index >= 15 is 0 Å². The summed E-state index contributed by atoms with van der Waals surface area (Å²) in [5, 5.41) is 7.60. The van der Waals surface area contributed by atoms with Crippen LogP contribution in [0.4, 0.5) is 0 Å². The second kappa shape index (κ2) is 8.50. The second-order valence-electron chi connectivity index (χ2n) is 7.01. The van der Waals surface area contributed by atoms with Gasteiger partial charge in [-0.15, -0.1) is 0 Å². The summed E-state index contributed by atoms with van der Waals surface area (Å²) >= 11 is 0. The van der Waals surface area contributed by atoms with Crippen molar-refractivity contribution in [2.75, 3.05) is 39.4 Å². The van der Waals surface area contributed by atoms with Gasteiger partial charge in [-0.1, -0.05) is 30.3 Å². The second-order valence-corrected chi connectivity index (χ2v) is 7.01. The number of rotatable bonds is 6. The van der Waals surface area contributed by atoms with Crippen molar-refractivity contribution in [1.29, 1.82) is 0 Å². The Morgan fingerprint density at radius 1 is 1.18 bits per heavy atom. The molecule has 1 aliphatic heterocycles. The van der Waals surface area contributed by atoms with Crippen molar-refractivity contribution in [2.45, 2.75) is 13.3 Å². The van der Waals surface area contributed by atoms with Gasteiger partial charge in [0.2, 0.25) is 0 Å². The summed E-state index contributed by atoms with van der Waals surface area (Å²) in [5.74, 6) is -0.143. The molecule has 0 atom stereocenters. The Hall–Kier alpha value is -2.77. The number of aromatic nitrogens is 3. The Kier molecular flexibility index (Phi) is 5.64. The van der Waals surface area contributed by atoms with Crippen LogP contribution in [0.25, 0.3) is 16.9 Å². The van der Waals surface area contributed by atoms with Crippen LogP contribution in [0.2, 0.25) is 0 Å². The lowest BCUT2D eigenvalue weighted by atomic mass is 10.2. The highest BCUT2D eigenvalue weighted by Crippen LogP contribution is 2.19. The van der Waals surface area contributed by atoms with E-state index in [9.17, 15) is 4.79 Å². The van der Waals surface area contributed by atoms with Crippen LogP contribution < -0.4 is 5.32 Å². The normalized spacial score (nSPS) is 15.0. The number of hydrogen-bond donors (Lipinski definition) is 1. The van der Waals surface area contributed by atoms with Crippen LogP contribution in [0.3, 0.4) is 0 Å². The van der Waals surface area contributed by atoms with E-state index in [-0.39, 0.29) is 5.91 Å². The molecule has 3 heterocycles. The molecule has 0 aliphatic carbocycles. The largest absolute Gasteiger partial charge is 0.379 e. The molecule has 28 heavy (non-hydrogen) atoms. The number of aryl methyl sites for hydroxylation is 1. The van der Waals surface area contributed by atoms with Crippen molar-refractivity contribution >= 4 is 11.6 Å². The Balaban J connectivity index is 1.41. The minimum Gasteiger partial charge on any atom is -0.379 e. The van der Waals surface area contributed by atoms with E-state index in [0.717, 1.165) is 56.2 Å². The summed E-state index contributed by atoms with van der Waals surface area (Å²) < 4.78 is 7.13. The number of benzene rings is 1. The van der Waals surface area contributed by atoms with Gasteiger partial charge in [-0.05, 0) is 26.0 Å². The Bertz CT molecular complexity index is 948. The quantitative estimate of drug-likeness (QED) is 0.665. The van der Waals surface area contributed by atoms with Crippen LogP contribution in [-0.2, 0) is 4.74 Å². The third-order valence-electron chi connectivity index (χ3n) is 4.95. The number of nitrogens with one attached hydrogen (secondary N) is 1. The third-order valence-corrected chi connectivity index (χ3v) is 4.95. The first kappa shape index (κ1) is 18.6. The summed E-state index contributed by atoms with van der Waals surface area (Å²) in [6.07, 6.45) is 0.914. The van der Waals surface area contributed by atoms with Gasteiger partial charge in [-0.2, -0.15) is 5.10 Å². The molecule has 1 saturated heterocycles. The van der Waals surface area contributed by atoms with Crippen LogP contribution in [0.1, 0.15) is 22.6 Å². The van der Waals surface area contributed by atoms with Crippen molar-refractivity contribution in [3.05, 3.63) is 53.9 Å². The van der Waals surface area contributed by atoms with Gasteiger partial charge in [0.25, 0.3) is 5.91 Å². The zero-order valence-electron chi connectivity index (χ0n) is 16.1. The monoisotopic (exact) mass is 379 g/mol. The zero-order valence-corrected chi connectivity index (χ0v) is 16.1. The molecule has 3 aromatic rings. The van der Waals surface area contributed by atoms with Crippen LogP contribution in [0.5, 0.6) is 0 Å². The Labute approximate surface area is 164 Å². The molecule has 0 unspecified atom stereocenters. The highest BCUT2D eigenvalue weighted by Gasteiger charge is 2.14. The van der Waals surface area contributed by atoms with Gasteiger partial charge in [0, 0.05) is 37.0 Å². The lowest BCUT2D eigenvalue weighted by Crippen LogP contribution is -2.38. The number of carbonyl (C=O) groups excluding carboxylic acids is 1. The molecule has 4 rings (SSSR count). The van der Waals surface area contributed by atoms with Crippen molar-refractivity contribution in [3.8, 4) is 11.3 Å². The third kappa shape index (κ3) is 4.21. The van der Waals surface area contributed by atoms with Crippen LogP contribution in [-0.4, -0.2) is 64.8 Å². The molecule has 146 valence electrons. The highest BCUT2D eigenvalue weighted by molar-refractivity contribution is 5.92. The molecule has 1 aliphatic rings. The maximum absolute atomic E-state index is 12.5. The number of morpholine rings is 1. The fraction of sp³-hybridized carbons (Fsp3) is 0.381. The predicted molar refractivity (Wildman–Crippen MR) is 107 cm³/mol. The van der Waals surface area contributed by atoms with Crippen LogP contribution in [0, 0.1) is 6.92 Å². The molecular formula is C21H25N5O2. The zero-order chi connectivity index (χ0) is 19.3. The lowest BCUT2D eigenvalue weighted by Gasteiger charge is -2.26. The number of ether oxygens (including phenoxy) is 1. The minimum absolute atomic E-state index is 0.143. The molecule has 1 N–H and O–H groups in total. The van der Waals surface area contributed by atoms with Crippen molar-refractivity contribution in [1.82, 2.24) is 24.8 Å². The first-order valence-corrected chi connectivity index (χ1v) is 9.72. The minimum atomic E-state index is -0.143. The fourth-order valence-electron chi connectivity index (χ4n) is 3.41. The molecular weight excluding hydrogens is 354 g/mol. The molecule has 0 radical (unpaired) electrons.